The van der Waals surface area contributed by atoms with Crippen LogP contribution in [0.2, 0.25) is 0 Å². The molecule has 29 heavy (non-hydrogen) atoms. The summed E-state index contributed by atoms with van der Waals surface area (Å²) in [7, 11) is 0. The van der Waals surface area contributed by atoms with Crippen molar-refractivity contribution in [3.63, 3.8) is 0 Å². The number of aryl methyl sites for hydroxylation is 2. The molecule has 2 aromatic carbocycles. The Kier molecular flexibility index (Phi) is 7.04. The van der Waals surface area contributed by atoms with Gasteiger partial charge in [0.05, 0.1) is 12.6 Å². The molecule has 0 saturated heterocycles. The number of benzene rings is 2. The smallest absolute Gasteiger partial charge is 0.238 e. The lowest BCUT2D eigenvalue weighted by Crippen LogP contribution is -2.38. The van der Waals surface area contributed by atoms with Crippen molar-refractivity contribution >= 4 is 17.5 Å². The lowest BCUT2D eigenvalue weighted by molar-refractivity contribution is -0.123. The number of rotatable bonds is 9. The second-order valence-electron chi connectivity index (χ2n) is 8.02. The van der Waals surface area contributed by atoms with E-state index < -0.39 is 0 Å². The van der Waals surface area contributed by atoms with E-state index in [0.717, 1.165) is 35.2 Å². The van der Waals surface area contributed by atoms with Gasteiger partial charge in [0.2, 0.25) is 11.8 Å². The minimum atomic E-state index is -0.0244. The van der Waals surface area contributed by atoms with Crippen LogP contribution in [-0.2, 0) is 9.59 Å². The lowest BCUT2D eigenvalue weighted by atomic mass is 10.1. The van der Waals surface area contributed by atoms with E-state index in [0.29, 0.717) is 25.6 Å². The van der Waals surface area contributed by atoms with Crippen molar-refractivity contribution in [1.82, 2.24) is 10.2 Å². The highest BCUT2D eigenvalue weighted by Gasteiger charge is 2.30. The van der Waals surface area contributed by atoms with Crippen molar-refractivity contribution in [3.05, 3.63) is 65.2 Å². The molecule has 5 nitrogen and oxygen atoms in total. The van der Waals surface area contributed by atoms with Gasteiger partial charge >= 0.3 is 0 Å². The zero-order chi connectivity index (χ0) is 20.8. The van der Waals surface area contributed by atoms with Crippen molar-refractivity contribution in [2.75, 3.05) is 18.4 Å². The zero-order valence-electron chi connectivity index (χ0n) is 17.6. The van der Waals surface area contributed by atoms with Gasteiger partial charge in [-0.15, -0.1) is 0 Å². The van der Waals surface area contributed by atoms with Crippen LogP contribution in [0.1, 0.15) is 48.9 Å². The molecule has 1 aliphatic carbocycles. The second-order valence-corrected chi connectivity index (χ2v) is 8.02. The van der Waals surface area contributed by atoms with Gasteiger partial charge < -0.3 is 10.6 Å². The first-order valence-electron chi connectivity index (χ1n) is 10.4. The SMILES string of the molecule is Cc1ccc(C)c(NC(=O)CN(CCC(=O)NC(C)c2ccccc2)C2CC2)c1. The molecule has 2 N–H and O–H groups in total. The predicted molar refractivity (Wildman–Crippen MR) is 117 cm³/mol. The first-order valence-corrected chi connectivity index (χ1v) is 10.4. The van der Waals surface area contributed by atoms with Crippen LogP contribution in [-0.4, -0.2) is 35.8 Å². The summed E-state index contributed by atoms with van der Waals surface area (Å²) in [5.74, 6) is -0.00870. The van der Waals surface area contributed by atoms with Crippen molar-refractivity contribution in [3.8, 4) is 0 Å². The van der Waals surface area contributed by atoms with Gasteiger partial charge in [-0.25, -0.2) is 0 Å². The van der Waals surface area contributed by atoms with Gasteiger partial charge in [0, 0.05) is 24.7 Å². The largest absolute Gasteiger partial charge is 0.350 e. The van der Waals surface area contributed by atoms with Gasteiger partial charge in [0.1, 0.15) is 0 Å². The molecule has 0 heterocycles. The fourth-order valence-corrected chi connectivity index (χ4v) is 3.46. The summed E-state index contributed by atoms with van der Waals surface area (Å²) in [6.45, 7) is 6.91. The monoisotopic (exact) mass is 393 g/mol. The van der Waals surface area contributed by atoms with Crippen LogP contribution < -0.4 is 10.6 Å². The minimum Gasteiger partial charge on any atom is -0.350 e. The fraction of sp³-hybridized carbons (Fsp3) is 0.417. The van der Waals surface area contributed by atoms with E-state index in [9.17, 15) is 9.59 Å². The van der Waals surface area contributed by atoms with E-state index in [2.05, 4.69) is 15.5 Å². The van der Waals surface area contributed by atoms with E-state index in [-0.39, 0.29) is 17.9 Å². The Labute approximate surface area is 173 Å². The average molecular weight is 394 g/mol. The van der Waals surface area contributed by atoms with Gasteiger partial charge in [-0.1, -0.05) is 42.5 Å². The Morgan fingerprint density at radius 1 is 1.07 bits per heavy atom. The van der Waals surface area contributed by atoms with Crippen LogP contribution in [0.15, 0.2) is 48.5 Å². The Morgan fingerprint density at radius 3 is 2.48 bits per heavy atom. The molecule has 1 unspecified atom stereocenters. The molecule has 154 valence electrons. The number of anilines is 1. The molecular formula is C24H31N3O2. The van der Waals surface area contributed by atoms with E-state index >= 15 is 0 Å². The number of carbonyl (C=O) groups excluding carboxylic acids is 2. The molecule has 0 spiro atoms. The summed E-state index contributed by atoms with van der Waals surface area (Å²) >= 11 is 0. The number of hydrogen-bond acceptors (Lipinski definition) is 3. The maximum absolute atomic E-state index is 12.6. The molecule has 1 saturated carbocycles. The lowest BCUT2D eigenvalue weighted by Gasteiger charge is -2.22. The van der Waals surface area contributed by atoms with Gasteiger partial charge in [-0.05, 0) is 56.4 Å². The van der Waals surface area contributed by atoms with Crippen LogP contribution >= 0.6 is 0 Å². The standard InChI is InChI=1S/C24H31N3O2/c1-17-9-10-18(2)22(15-17)26-24(29)16-27(21-11-12-21)14-13-23(28)25-19(3)20-7-5-4-6-8-20/h4-10,15,19,21H,11-14,16H2,1-3H3,(H,25,28)(H,26,29). The highest BCUT2D eigenvalue weighted by molar-refractivity contribution is 5.93. The van der Waals surface area contributed by atoms with Crippen LogP contribution in [0.4, 0.5) is 5.69 Å². The fourth-order valence-electron chi connectivity index (χ4n) is 3.46. The molecule has 3 rings (SSSR count). The predicted octanol–water partition coefficient (Wildman–Crippen LogP) is 3.97. The van der Waals surface area contributed by atoms with Gasteiger partial charge in [0.25, 0.3) is 0 Å². The van der Waals surface area contributed by atoms with Crippen molar-refractivity contribution in [2.45, 2.75) is 52.1 Å². The molecule has 0 aliphatic heterocycles. The molecule has 1 aliphatic rings. The Hall–Kier alpha value is -2.66. The first kappa shape index (κ1) is 21.1. The Bertz CT molecular complexity index is 846. The van der Waals surface area contributed by atoms with Gasteiger partial charge in [0.15, 0.2) is 0 Å². The highest BCUT2D eigenvalue weighted by Crippen LogP contribution is 2.27. The topological polar surface area (TPSA) is 61.4 Å². The quantitative estimate of drug-likeness (QED) is 0.678. The molecule has 0 bridgehead atoms. The normalized spacial score (nSPS) is 14.5. The number of hydrogen-bond donors (Lipinski definition) is 2. The molecular weight excluding hydrogens is 362 g/mol. The van der Waals surface area contributed by atoms with Gasteiger partial charge in [-0.3, -0.25) is 14.5 Å². The average Bonchev–Trinajstić information content (AvgIpc) is 3.54. The van der Waals surface area contributed by atoms with E-state index in [1.54, 1.807) is 0 Å². The molecule has 2 aromatic rings. The van der Waals surface area contributed by atoms with E-state index in [4.69, 9.17) is 0 Å². The number of nitrogens with zero attached hydrogens (tertiary/aromatic N) is 1. The van der Waals surface area contributed by atoms with Gasteiger partial charge in [-0.2, -0.15) is 0 Å². The molecule has 0 aromatic heterocycles. The van der Waals surface area contributed by atoms with Crippen LogP contribution in [0.5, 0.6) is 0 Å². The van der Waals surface area contributed by atoms with Crippen LogP contribution in [0.3, 0.4) is 0 Å². The summed E-state index contributed by atoms with van der Waals surface area (Å²) in [6.07, 6.45) is 2.59. The number of carbonyl (C=O) groups is 2. The third-order valence-corrected chi connectivity index (χ3v) is 5.38. The third-order valence-electron chi connectivity index (χ3n) is 5.38. The summed E-state index contributed by atoms with van der Waals surface area (Å²) in [5.41, 5.74) is 4.12. The van der Waals surface area contributed by atoms with Crippen LogP contribution in [0.25, 0.3) is 0 Å². The minimum absolute atomic E-state index is 0.0157. The third kappa shape index (κ3) is 6.43. The summed E-state index contributed by atoms with van der Waals surface area (Å²) in [4.78, 5) is 27.1. The molecule has 1 fully saturated rings. The van der Waals surface area contributed by atoms with Crippen molar-refractivity contribution in [2.24, 2.45) is 0 Å². The zero-order valence-corrected chi connectivity index (χ0v) is 17.6. The second kappa shape index (κ2) is 9.70. The van der Waals surface area contributed by atoms with Crippen molar-refractivity contribution in [1.29, 1.82) is 0 Å². The molecule has 0 radical (unpaired) electrons. The molecule has 1 atom stereocenters. The highest BCUT2D eigenvalue weighted by atomic mass is 16.2. The van der Waals surface area contributed by atoms with Crippen LogP contribution in [0, 0.1) is 13.8 Å². The van der Waals surface area contributed by atoms with E-state index in [1.807, 2.05) is 69.3 Å². The van der Waals surface area contributed by atoms with Crippen molar-refractivity contribution < 1.29 is 9.59 Å². The Balaban J connectivity index is 1.49. The summed E-state index contributed by atoms with van der Waals surface area (Å²) in [6, 6.07) is 16.4. The molecule has 5 heteroatoms. The first-order chi connectivity index (χ1) is 13.9. The Morgan fingerprint density at radius 2 is 1.79 bits per heavy atom. The number of nitrogens with one attached hydrogen (secondary N) is 2. The maximum atomic E-state index is 12.6. The summed E-state index contributed by atoms with van der Waals surface area (Å²) in [5, 5.41) is 6.08. The molecule has 2 amide bonds. The maximum Gasteiger partial charge on any atom is 0.238 e. The van der Waals surface area contributed by atoms with E-state index in [1.165, 1.54) is 0 Å². The number of amides is 2. The summed E-state index contributed by atoms with van der Waals surface area (Å²) < 4.78 is 0.